The topological polar surface area (TPSA) is 49.4 Å². The minimum absolute atomic E-state index is 0.310. The van der Waals surface area contributed by atoms with Crippen LogP contribution in [-0.2, 0) is 9.84 Å². The van der Waals surface area contributed by atoms with Crippen LogP contribution in [0.15, 0.2) is 0 Å². The average Bonchev–Trinajstić information content (AvgIpc) is 2.96. The standard InChI is InChI=1S/C13H24N2O2S/c16-18(17)8-5-12(10-18)15-7-2-4-13(15)11-3-1-6-14-9-11/h11-14H,1-10H2. The van der Waals surface area contributed by atoms with Gasteiger partial charge in [0.25, 0.3) is 0 Å². The van der Waals surface area contributed by atoms with Crippen molar-refractivity contribution in [1.29, 1.82) is 0 Å². The van der Waals surface area contributed by atoms with Gasteiger partial charge in [-0.15, -0.1) is 0 Å². The van der Waals surface area contributed by atoms with E-state index < -0.39 is 9.84 Å². The molecule has 0 amide bonds. The highest BCUT2D eigenvalue weighted by molar-refractivity contribution is 7.91. The number of hydrogen-bond donors (Lipinski definition) is 1. The lowest BCUT2D eigenvalue weighted by molar-refractivity contribution is 0.129. The molecule has 0 saturated carbocycles. The van der Waals surface area contributed by atoms with E-state index in [9.17, 15) is 8.42 Å². The first-order chi connectivity index (χ1) is 8.66. The summed E-state index contributed by atoms with van der Waals surface area (Å²) >= 11 is 0. The monoisotopic (exact) mass is 272 g/mol. The summed E-state index contributed by atoms with van der Waals surface area (Å²) in [5.74, 6) is 1.55. The van der Waals surface area contributed by atoms with Gasteiger partial charge in [0.2, 0.25) is 0 Å². The lowest BCUT2D eigenvalue weighted by Crippen LogP contribution is -2.47. The first-order valence-electron chi connectivity index (χ1n) is 7.32. The van der Waals surface area contributed by atoms with Gasteiger partial charge in [0.1, 0.15) is 0 Å². The molecule has 3 heterocycles. The molecule has 5 heteroatoms. The molecule has 3 unspecified atom stereocenters. The van der Waals surface area contributed by atoms with Crippen LogP contribution < -0.4 is 5.32 Å². The van der Waals surface area contributed by atoms with Crippen LogP contribution in [0.2, 0.25) is 0 Å². The minimum atomic E-state index is -2.74. The van der Waals surface area contributed by atoms with E-state index in [1.807, 2.05) is 0 Å². The Morgan fingerprint density at radius 2 is 2.00 bits per heavy atom. The van der Waals surface area contributed by atoms with Gasteiger partial charge < -0.3 is 5.32 Å². The molecule has 0 aromatic heterocycles. The molecule has 3 atom stereocenters. The first kappa shape index (κ1) is 12.9. The van der Waals surface area contributed by atoms with Crippen molar-refractivity contribution in [1.82, 2.24) is 10.2 Å². The van der Waals surface area contributed by atoms with Gasteiger partial charge in [-0.25, -0.2) is 8.42 Å². The Bertz CT molecular complexity index is 390. The van der Waals surface area contributed by atoms with E-state index in [4.69, 9.17) is 0 Å². The third-order valence-electron chi connectivity index (χ3n) is 4.90. The molecule has 3 aliphatic heterocycles. The summed E-state index contributed by atoms with van der Waals surface area (Å²) in [5, 5.41) is 3.49. The SMILES string of the molecule is O=S1(=O)CCC(N2CCCC2C2CCCNC2)C1. The van der Waals surface area contributed by atoms with Crippen LogP contribution in [0, 0.1) is 5.92 Å². The van der Waals surface area contributed by atoms with Gasteiger partial charge in [-0.2, -0.15) is 0 Å². The van der Waals surface area contributed by atoms with Crippen molar-refractivity contribution in [3.63, 3.8) is 0 Å². The fourth-order valence-corrected chi connectivity index (χ4v) is 5.76. The number of hydrogen-bond acceptors (Lipinski definition) is 4. The summed E-state index contributed by atoms with van der Waals surface area (Å²) in [6.07, 6.45) is 5.96. The minimum Gasteiger partial charge on any atom is -0.316 e. The van der Waals surface area contributed by atoms with E-state index in [0.29, 0.717) is 23.6 Å². The fourth-order valence-electron chi connectivity index (χ4n) is 4.02. The normalized spacial score (nSPS) is 41.2. The van der Waals surface area contributed by atoms with Crippen molar-refractivity contribution >= 4 is 9.84 Å². The molecule has 0 aromatic carbocycles. The molecule has 0 aromatic rings. The van der Waals surface area contributed by atoms with E-state index >= 15 is 0 Å². The summed E-state index contributed by atoms with van der Waals surface area (Å²) in [4.78, 5) is 2.53. The molecule has 3 rings (SSSR count). The second-order valence-corrected chi connectivity index (χ2v) is 8.34. The second kappa shape index (κ2) is 5.10. The summed E-state index contributed by atoms with van der Waals surface area (Å²) in [5.41, 5.74) is 0. The number of nitrogens with one attached hydrogen (secondary N) is 1. The molecule has 0 spiro atoms. The zero-order valence-corrected chi connectivity index (χ0v) is 11.8. The maximum Gasteiger partial charge on any atom is 0.151 e. The van der Waals surface area contributed by atoms with Crippen molar-refractivity contribution in [2.24, 2.45) is 5.92 Å². The Kier molecular flexibility index (Phi) is 3.65. The maximum atomic E-state index is 11.6. The van der Waals surface area contributed by atoms with Crippen LogP contribution in [0.25, 0.3) is 0 Å². The highest BCUT2D eigenvalue weighted by atomic mass is 32.2. The maximum absolute atomic E-state index is 11.6. The molecule has 18 heavy (non-hydrogen) atoms. The fraction of sp³-hybridized carbons (Fsp3) is 1.00. The summed E-state index contributed by atoms with van der Waals surface area (Å²) in [6, 6.07) is 0.945. The smallest absolute Gasteiger partial charge is 0.151 e. The Labute approximate surface area is 110 Å². The van der Waals surface area contributed by atoms with E-state index in [1.54, 1.807) is 0 Å². The molecule has 0 aliphatic carbocycles. The lowest BCUT2D eigenvalue weighted by atomic mass is 9.89. The van der Waals surface area contributed by atoms with Crippen LogP contribution in [0.1, 0.15) is 32.1 Å². The number of piperidine rings is 1. The number of rotatable bonds is 2. The van der Waals surface area contributed by atoms with Gasteiger partial charge >= 0.3 is 0 Å². The number of sulfone groups is 1. The lowest BCUT2D eigenvalue weighted by Gasteiger charge is -2.37. The average molecular weight is 272 g/mol. The molecule has 0 radical (unpaired) electrons. The van der Waals surface area contributed by atoms with Gasteiger partial charge in [-0.3, -0.25) is 4.90 Å². The first-order valence-corrected chi connectivity index (χ1v) is 9.15. The molecular formula is C13H24N2O2S. The predicted molar refractivity (Wildman–Crippen MR) is 72.4 cm³/mol. The Hall–Kier alpha value is -0.130. The van der Waals surface area contributed by atoms with Crippen LogP contribution >= 0.6 is 0 Å². The molecule has 4 nitrogen and oxygen atoms in total. The van der Waals surface area contributed by atoms with Gasteiger partial charge in [-0.05, 0) is 57.7 Å². The van der Waals surface area contributed by atoms with Crippen molar-refractivity contribution < 1.29 is 8.42 Å². The Morgan fingerprint density at radius 3 is 2.67 bits per heavy atom. The summed E-state index contributed by atoms with van der Waals surface area (Å²) in [6.45, 7) is 3.39. The van der Waals surface area contributed by atoms with Gasteiger partial charge in [-0.1, -0.05) is 0 Å². The predicted octanol–water partition coefficient (Wildman–Crippen LogP) is 0.638. The molecule has 3 saturated heterocycles. The third-order valence-corrected chi connectivity index (χ3v) is 6.65. The zero-order chi connectivity index (χ0) is 12.6. The van der Waals surface area contributed by atoms with Crippen molar-refractivity contribution in [3.8, 4) is 0 Å². The molecule has 3 fully saturated rings. The van der Waals surface area contributed by atoms with Crippen LogP contribution in [0.3, 0.4) is 0 Å². The van der Waals surface area contributed by atoms with Gasteiger partial charge in [0.15, 0.2) is 9.84 Å². The van der Waals surface area contributed by atoms with Crippen LogP contribution in [0.4, 0.5) is 0 Å². The Balaban J connectivity index is 1.67. The van der Waals surface area contributed by atoms with Crippen molar-refractivity contribution in [2.45, 2.75) is 44.2 Å². The quantitative estimate of drug-likeness (QED) is 0.801. The van der Waals surface area contributed by atoms with Crippen molar-refractivity contribution in [3.05, 3.63) is 0 Å². The van der Waals surface area contributed by atoms with E-state index in [2.05, 4.69) is 10.2 Å². The highest BCUT2D eigenvalue weighted by Crippen LogP contribution is 2.32. The van der Waals surface area contributed by atoms with E-state index in [1.165, 1.54) is 25.7 Å². The molecule has 104 valence electrons. The molecular weight excluding hydrogens is 248 g/mol. The molecule has 3 aliphatic rings. The number of likely N-dealkylation sites (tertiary alicyclic amines) is 1. The van der Waals surface area contributed by atoms with E-state index in [-0.39, 0.29) is 0 Å². The second-order valence-electron chi connectivity index (χ2n) is 6.11. The summed E-state index contributed by atoms with van der Waals surface area (Å²) < 4.78 is 23.3. The van der Waals surface area contributed by atoms with Crippen LogP contribution in [-0.4, -0.2) is 56.5 Å². The number of nitrogens with zero attached hydrogens (tertiary/aromatic N) is 1. The van der Waals surface area contributed by atoms with Gasteiger partial charge in [0, 0.05) is 12.1 Å². The highest BCUT2D eigenvalue weighted by Gasteiger charge is 2.40. The molecule has 1 N–H and O–H groups in total. The molecule has 0 bridgehead atoms. The van der Waals surface area contributed by atoms with Crippen LogP contribution in [0.5, 0.6) is 0 Å². The largest absolute Gasteiger partial charge is 0.316 e. The zero-order valence-electron chi connectivity index (χ0n) is 11.0. The Morgan fingerprint density at radius 1 is 1.11 bits per heavy atom. The van der Waals surface area contributed by atoms with E-state index in [0.717, 1.165) is 32.0 Å². The van der Waals surface area contributed by atoms with Crippen molar-refractivity contribution in [2.75, 3.05) is 31.1 Å². The third kappa shape index (κ3) is 2.58. The van der Waals surface area contributed by atoms with Gasteiger partial charge in [0.05, 0.1) is 11.5 Å². The summed E-state index contributed by atoms with van der Waals surface area (Å²) in [7, 11) is -2.74.